The predicted molar refractivity (Wildman–Crippen MR) is 129 cm³/mol. The lowest BCUT2D eigenvalue weighted by Crippen LogP contribution is -2.12. The topological polar surface area (TPSA) is 64.4 Å². The van der Waals surface area contributed by atoms with Crippen molar-refractivity contribution in [2.75, 3.05) is 11.9 Å². The first kappa shape index (κ1) is 21.9. The average Bonchev–Trinajstić information content (AvgIpc) is 3.24. The van der Waals surface area contributed by atoms with Crippen LogP contribution in [-0.2, 0) is 0 Å². The molecule has 0 radical (unpaired) electrons. The molecule has 0 aliphatic rings. The predicted octanol–water partition coefficient (Wildman–Crippen LogP) is 7.31. The molecule has 1 amide bonds. The number of fused-ring (bicyclic) bond motifs is 1. The molecule has 32 heavy (non-hydrogen) atoms. The number of carbonyl (C=O) groups is 1. The number of ether oxygens (including phenoxy) is 1. The molecule has 4 rings (SSSR count). The standard InChI is InChI=1S/C26H25ClN2O3/c1-4-16(3)18-9-13-24-23(14-18)29-26(32-24)19-8-12-21(27)22(15-19)28-25(30)17-6-10-20(11-7-17)31-5-2/h6-16H,4-5H2,1-3H3,(H,28,30)/t16-/m0/s1. The van der Waals surface area contributed by atoms with E-state index in [1.165, 1.54) is 5.56 Å². The molecule has 0 unspecified atom stereocenters. The highest BCUT2D eigenvalue weighted by Gasteiger charge is 2.14. The molecule has 0 saturated heterocycles. The number of amides is 1. The highest BCUT2D eigenvalue weighted by molar-refractivity contribution is 6.34. The summed E-state index contributed by atoms with van der Waals surface area (Å²) in [7, 11) is 0. The van der Waals surface area contributed by atoms with Crippen LogP contribution in [0, 0.1) is 0 Å². The quantitative estimate of drug-likeness (QED) is 0.322. The Hall–Kier alpha value is -3.31. The molecular formula is C26H25ClN2O3. The van der Waals surface area contributed by atoms with Gasteiger partial charge in [0, 0.05) is 11.1 Å². The van der Waals surface area contributed by atoms with E-state index in [1.807, 2.05) is 19.1 Å². The van der Waals surface area contributed by atoms with Gasteiger partial charge in [0.2, 0.25) is 5.89 Å². The molecule has 3 aromatic carbocycles. The first-order valence-corrected chi connectivity index (χ1v) is 11.1. The van der Waals surface area contributed by atoms with Gasteiger partial charge in [0.25, 0.3) is 5.91 Å². The Morgan fingerprint density at radius 2 is 1.88 bits per heavy atom. The Bertz CT molecular complexity index is 1250. The van der Waals surface area contributed by atoms with Crippen molar-refractivity contribution in [3.8, 4) is 17.2 Å². The number of aromatic nitrogens is 1. The lowest BCUT2D eigenvalue weighted by Gasteiger charge is -2.09. The van der Waals surface area contributed by atoms with Gasteiger partial charge in [-0.2, -0.15) is 0 Å². The Morgan fingerprint density at radius 3 is 2.59 bits per heavy atom. The molecule has 1 N–H and O–H groups in total. The zero-order valence-electron chi connectivity index (χ0n) is 18.3. The number of oxazole rings is 1. The maximum atomic E-state index is 12.7. The van der Waals surface area contributed by atoms with E-state index in [0.717, 1.165) is 28.8 Å². The van der Waals surface area contributed by atoms with E-state index in [0.29, 0.717) is 34.7 Å². The molecule has 0 bridgehead atoms. The third-order valence-electron chi connectivity index (χ3n) is 5.48. The number of nitrogens with one attached hydrogen (secondary N) is 1. The summed E-state index contributed by atoms with van der Waals surface area (Å²) >= 11 is 6.35. The highest BCUT2D eigenvalue weighted by Crippen LogP contribution is 2.32. The number of rotatable bonds is 7. The van der Waals surface area contributed by atoms with Gasteiger partial charge in [-0.1, -0.05) is 31.5 Å². The van der Waals surface area contributed by atoms with E-state index in [-0.39, 0.29) is 5.91 Å². The van der Waals surface area contributed by atoms with Crippen molar-refractivity contribution in [2.24, 2.45) is 0 Å². The molecule has 164 valence electrons. The number of hydrogen-bond donors (Lipinski definition) is 1. The van der Waals surface area contributed by atoms with Crippen LogP contribution in [0.5, 0.6) is 5.75 Å². The van der Waals surface area contributed by atoms with Crippen LogP contribution < -0.4 is 10.1 Å². The van der Waals surface area contributed by atoms with Gasteiger partial charge in [-0.15, -0.1) is 0 Å². The molecule has 0 spiro atoms. The highest BCUT2D eigenvalue weighted by atomic mass is 35.5. The van der Waals surface area contributed by atoms with E-state index in [1.54, 1.807) is 36.4 Å². The second-order valence-corrected chi connectivity index (χ2v) is 8.07. The fraction of sp³-hybridized carbons (Fsp3) is 0.231. The summed E-state index contributed by atoms with van der Waals surface area (Å²) in [4.78, 5) is 17.4. The van der Waals surface area contributed by atoms with Gasteiger partial charge in [0.15, 0.2) is 5.58 Å². The minimum Gasteiger partial charge on any atom is -0.494 e. The van der Waals surface area contributed by atoms with Gasteiger partial charge in [0.1, 0.15) is 11.3 Å². The normalized spacial score (nSPS) is 12.0. The lowest BCUT2D eigenvalue weighted by molar-refractivity contribution is 0.102. The summed E-state index contributed by atoms with van der Waals surface area (Å²) < 4.78 is 11.4. The van der Waals surface area contributed by atoms with Crippen LogP contribution in [-0.4, -0.2) is 17.5 Å². The van der Waals surface area contributed by atoms with Crippen molar-refractivity contribution in [2.45, 2.75) is 33.1 Å². The minimum atomic E-state index is -0.261. The molecule has 6 heteroatoms. The largest absolute Gasteiger partial charge is 0.494 e. The fourth-order valence-corrected chi connectivity index (χ4v) is 3.59. The minimum absolute atomic E-state index is 0.261. The third-order valence-corrected chi connectivity index (χ3v) is 5.81. The van der Waals surface area contributed by atoms with Gasteiger partial charge in [0.05, 0.1) is 17.3 Å². The monoisotopic (exact) mass is 448 g/mol. The van der Waals surface area contributed by atoms with E-state index in [4.69, 9.17) is 20.8 Å². The smallest absolute Gasteiger partial charge is 0.255 e. The molecule has 5 nitrogen and oxygen atoms in total. The van der Waals surface area contributed by atoms with E-state index >= 15 is 0 Å². The van der Waals surface area contributed by atoms with Crippen molar-refractivity contribution in [3.05, 3.63) is 76.8 Å². The Morgan fingerprint density at radius 1 is 1.09 bits per heavy atom. The summed E-state index contributed by atoms with van der Waals surface area (Å²) in [5.41, 5.74) is 4.51. The van der Waals surface area contributed by atoms with Crippen molar-refractivity contribution >= 4 is 34.3 Å². The number of benzene rings is 3. The molecular weight excluding hydrogens is 424 g/mol. The Labute approximate surface area is 192 Å². The number of anilines is 1. The summed E-state index contributed by atoms with van der Waals surface area (Å²) in [5.74, 6) is 1.40. The number of halogens is 1. The Balaban J connectivity index is 1.59. The molecule has 1 atom stereocenters. The van der Waals surface area contributed by atoms with E-state index in [9.17, 15) is 4.79 Å². The van der Waals surface area contributed by atoms with Gasteiger partial charge in [-0.3, -0.25) is 4.79 Å². The van der Waals surface area contributed by atoms with Crippen LogP contribution in [0.1, 0.15) is 49.0 Å². The third kappa shape index (κ3) is 4.63. The van der Waals surface area contributed by atoms with Crippen LogP contribution in [0.2, 0.25) is 5.02 Å². The van der Waals surface area contributed by atoms with Gasteiger partial charge >= 0.3 is 0 Å². The molecule has 0 aliphatic heterocycles. The van der Waals surface area contributed by atoms with Crippen LogP contribution in [0.25, 0.3) is 22.6 Å². The number of hydrogen-bond acceptors (Lipinski definition) is 4. The second kappa shape index (κ2) is 9.45. The van der Waals surface area contributed by atoms with Gasteiger partial charge < -0.3 is 14.5 Å². The van der Waals surface area contributed by atoms with Crippen LogP contribution >= 0.6 is 11.6 Å². The van der Waals surface area contributed by atoms with Crippen molar-refractivity contribution < 1.29 is 13.9 Å². The Kier molecular flexibility index (Phi) is 6.47. The molecule has 0 saturated carbocycles. The van der Waals surface area contributed by atoms with Crippen molar-refractivity contribution in [1.82, 2.24) is 4.98 Å². The number of nitrogens with zero attached hydrogens (tertiary/aromatic N) is 1. The van der Waals surface area contributed by atoms with Crippen molar-refractivity contribution in [1.29, 1.82) is 0 Å². The zero-order valence-corrected chi connectivity index (χ0v) is 19.1. The maximum absolute atomic E-state index is 12.7. The zero-order chi connectivity index (χ0) is 22.7. The van der Waals surface area contributed by atoms with E-state index < -0.39 is 0 Å². The molecule has 0 fully saturated rings. The van der Waals surface area contributed by atoms with E-state index in [2.05, 4.69) is 36.3 Å². The maximum Gasteiger partial charge on any atom is 0.255 e. The summed E-state index contributed by atoms with van der Waals surface area (Å²) in [6, 6.07) is 18.4. The van der Waals surface area contributed by atoms with Gasteiger partial charge in [-0.25, -0.2) is 4.98 Å². The first-order chi connectivity index (χ1) is 15.5. The SMILES string of the molecule is CCOc1ccc(C(=O)Nc2cc(-c3nc4cc([C@@H](C)CC)ccc4o3)ccc2Cl)cc1. The van der Waals surface area contributed by atoms with Crippen molar-refractivity contribution in [3.63, 3.8) is 0 Å². The van der Waals surface area contributed by atoms with Crippen LogP contribution in [0.3, 0.4) is 0 Å². The summed E-state index contributed by atoms with van der Waals surface area (Å²) in [5, 5.41) is 3.31. The fourth-order valence-electron chi connectivity index (χ4n) is 3.43. The van der Waals surface area contributed by atoms with Crippen LogP contribution in [0.15, 0.2) is 65.1 Å². The number of carbonyl (C=O) groups excluding carboxylic acids is 1. The molecule has 1 heterocycles. The summed E-state index contributed by atoms with van der Waals surface area (Å²) in [6.45, 7) is 6.85. The first-order valence-electron chi connectivity index (χ1n) is 10.7. The van der Waals surface area contributed by atoms with Gasteiger partial charge in [-0.05, 0) is 79.4 Å². The second-order valence-electron chi connectivity index (χ2n) is 7.66. The molecule has 0 aliphatic carbocycles. The lowest BCUT2D eigenvalue weighted by atomic mass is 9.98. The average molecular weight is 449 g/mol. The summed E-state index contributed by atoms with van der Waals surface area (Å²) in [6.07, 6.45) is 1.06. The molecule has 1 aromatic heterocycles. The molecule has 4 aromatic rings. The van der Waals surface area contributed by atoms with Crippen LogP contribution in [0.4, 0.5) is 5.69 Å².